The third kappa shape index (κ3) is 4.57. The molecule has 1 saturated heterocycles. The number of rotatable bonds is 3. The number of amides is 3. The van der Waals surface area contributed by atoms with Gasteiger partial charge < -0.3 is 19.7 Å². The maximum Gasteiger partial charge on any atom is 0.410 e. The fraction of sp³-hybridized carbons (Fsp3) is 0.519. The maximum absolute atomic E-state index is 13.4. The molecule has 39 heavy (non-hydrogen) atoms. The van der Waals surface area contributed by atoms with E-state index in [0.29, 0.717) is 54.3 Å². The van der Waals surface area contributed by atoms with E-state index in [2.05, 4.69) is 25.4 Å². The van der Waals surface area contributed by atoms with E-state index in [0.717, 1.165) is 30.6 Å². The molecular formula is C27H34N8O4. The lowest BCUT2D eigenvalue weighted by Gasteiger charge is -2.43. The number of urea groups is 1. The highest BCUT2D eigenvalue weighted by Crippen LogP contribution is 2.47. The van der Waals surface area contributed by atoms with Crippen molar-refractivity contribution in [3.05, 3.63) is 30.0 Å². The van der Waals surface area contributed by atoms with E-state index >= 15 is 0 Å². The van der Waals surface area contributed by atoms with Crippen LogP contribution in [0.5, 0.6) is 5.75 Å². The van der Waals surface area contributed by atoms with E-state index in [-0.39, 0.29) is 17.7 Å². The lowest BCUT2D eigenvalue weighted by atomic mass is 10.1. The van der Waals surface area contributed by atoms with Gasteiger partial charge in [-0.1, -0.05) is 0 Å². The van der Waals surface area contributed by atoms with Crippen LogP contribution in [0.25, 0.3) is 11.0 Å². The molecule has 1 aromatic carbocycles. The third-order valence-electron chi connectivity index (χ3n) is 7.57. The van der Waals surface area contributed by atoms with Crippen molar-refractivity contribution in [2.45, 2.75) is 51.2 Å². The summed E-state index contributed by atoms with van der Waals surface area (Å²) in [5.74, 6) is 1.17. The summed E-state index contributed by atoms with van der Waals surface area (Å²) in [6, 6.07) is 5.26. The van der Waals surface area contributed by atoms with Crippen LogP contribution < -0.4 is 19.9 Å². The normalized spacial score (nSPS) is 17.9. The fourth-order valence-electron chi connectivity index (χ4n) is 5.63. The molecule has 2 fully saturated rings. The second-order valence-electron chi connectivity index (χ2n) is 11.5. The van der Waals surface area contributed by atoms with Crippen molar-refractivity contribution < 1.29 is 19.1 Å². The number of aryl methyl sites for hydroxylation is 1. The summed E-state index contributed by atoms with van der Waals surface area (Å²) in [6.07, 6.45) is 4.14. The van der Waals surface area contributed by atoms with Crippen LogP contribution in [0.4, 0.5) is 26.8 Å². The number of nitrogens with zero attached hydrogens (tertiary/aromatic N) is 7. The Morgan fingerprint density at radius 3 is 2.51 bits per heavy atom. The highest BCUT2D eigenvalue weighted by molar-refractivity contribution is 6.04. The molecule has 1 spiro atoms. The molecule has 0 radical (unpaired) electrons. The van der Waals surface area contributed by atoms with Gasteiger partial charge in [-0.25, -0.2) is 14.6 Å². The van der Waals surface area contributed by atoms with Crippen LogP contribution in [-0.4, -0.2) is 81.4 Å². The minimum Gasteiger partial charge on any atom is -0.494 e. The van der Waals surface area contributed by atoms with E-state index in [9.17, 15) is 9.59 Å². The average Bonchev–Trinajstić information content (AvgIpc) is 3.31. The molecule has 1 N–H and O–H groups in total. The predicted octanol–water partition coefficient (Wildman–Crippen LogP) is 3.56. The van der Waals surface area contributed by atoms with Gasteiger partial charge in [-0.3, -0.25) is 9.80 Å². The number of pyridine rings is 1. The first kappa shape index (κ1) is 25.2. The Bertz CT molecular complexity index is 1460. The number of anilines is 3. The largest absolute Gasteiger partial charge is 0.494 e. The van der Waals surface area contributed by atoms with E-state index in [1.807, 2.05) is 31.7 Å². The van der Waals surface area contributed by atoms with Crippen molar-refractivity contribution in [2.24, 2.45) is 7.05 Å². The quantitative estimate of drug-likeness (QED) is 0.542. The number of hydrogen-bond acceptors (Lipinski definition) is 8. The molecule has 3 aromatic rings. The predicted molar refractivity (Wildman–Crippen MR) is 146 cm³/mol. The zero-order valence-corrected chi connectivity index (χ0v) is 23.0. The second-order valence-corrected chi connectivity index (χ2v) is 11.5. The molecule has 3 amide bonds. The third-order valence-corrected chi connectivity index (χ3v) is 7.57. The molecule has 1 saturated carbocycles. The zero-order valence-electron chi connectivity index (χ0n) is 23.0. The van der Waals surface area contributed by atoms with Crippen LogP contribution >= 0.6 is 0 Å². The number of benzene rings is 1. The topological polar surface area (TPSA) is 118 Å². The number of piperazine rings is 1. The van der Waals surface area contributed by atoms with Crippen LogP contribution in [0, 0.1) is 0 Å². The highest BCUT2D eigenvalue weighted by Gasteiger charge is 2.54. The van der Waals surface area contributed by atoms with Gasteiger partial charge in [-0.05, 0) is 52.2 Å². The van der Waals surface area contributed by atoms with Crippen molar-refractivity contribution in [3.8, 4) is 5.75 Å². The molecule has 12 nitrogen and oxygen atoms in total. The summed E-state index contributed by atoms with van der Waals surface area (Å²) >= 11 is 0. The monoisotopic (exact) mass is 534 g/mol. The minimum atomic E-state index is -0.523. The first-order valence-electron chi connectivity index (χ1n) is 13.3. The first-order chi connectivity index (χ1) is 18.6. The Morgan fingerprint density at radius 1 is 1.08 bits per heavy atom. The standard InChI is InChI=1S/C27H34N8O4/c1-26(2,3)39-25(37)35-13-12-33(16-27(35)8-9-27)21-6-10-28-23-17(21)7-11-34(23)24(36)29-20-14-18-19(15-22(20)38-5)31-32(4)30-18/h6,10,14-15H,7-9,11-13,16H2,1-5H3,(H,29,36). The number of carbonyl (C=O) groups excluding carboxylic acids is 2. The van der Waals surface area contributed by atoms with E-state index in [1.165, 1.54) is 4.80 Å². The lowest BCUT2D eigenvalue weighted by Crippen LogP contribution is -2.58. The van der Waals surface area contributed by atoms with Crippen LogP contribution in [0.2, 0.25) is 0 Å². The van der Waals surface area contributed by atoms with Gasteiger partial charge in [-0.2, -0.15) is 15.0 Å². The molecule has 206 valence electrons. The number of carbonyl (C=O) groups is 2. The van der Waals surface area contributed by atoms with Gasteiger partial charge in [0, 0.05) is 56.7 Å². The lowest BCUT2D eigenvalue weighted by molar-refractivity contribution is 0.0106. The molecule has 0 atom stereocenters. The van der Waals surface area contributed by atoms with Gasteiger partial charge in [0.25, 0.3) is 0 Å². The molecule has 0 unspecified atom stereocenters. The number of methoxy groups -OCH3 is 1. The number of ether oxygens (including phenoxy) is 2. The van der Waals surface area contributed by atoms with E-state index < -0.39 is 5.60 Å². The molecule has 6 rings (SSSR count). The zero-order chi connectivity index (χ0) is 27.5. The van der Waals surface area contributed by atoms with Crippen LogP contribution in [0.3, 0.4) is 0 Å². The van der Waals surface area contributed by atoms with Crippen molar-refractivity contribution in [1.82, 2.24) is 24.9 Å². The number of hydrogen-bond donors (Lipinski definition) is 1. The number of fused-ring (bicyclic) bond motifs is 2. The van der Waals surface area contributed by atoms with Crippen LogP contribution in [0.1, 0.15) is 39.2 Å². The molecule has 3 aliphatic rings. The SMILES string of the molecule is COc1cc2nn(C)nc2cc1NC(=O)N1CCc2c(N3CCN(C(=O)OC(C)(C)C)C4(CC4)C3)ccnc21. The molecule has 2 aliphatic heterocycles. The Morgan fingerprint density at radius 2 is 1.82 bits per heavy atom. The summed E-state index contributed by atoms with van der Waals surface area (Å²) < 4.78 is 11.2. The van der Waals surface area contributed by atoms with Crippen molar-refractivity contribution in [1.29, 1.82) is 0 Å². The Hall–Kier alpha value is -4.09. The molecule has 4 heterocycles. The smallest absolute Gasteiger partial charge is 0.410 e. The molecule has 2 aromatic heterocycles. The molecular weight excluding hydrogens is 500 g/mol. The number of nitrogens with one attached hydrogen (secondary N) is 1. The van der Waals surface area contributed by atoms with Gasteiger partial charge in [0.15, 0.2) is 0 Å². The van der Waals surface area contributed by atoms with Gasteiger partial charge in [0.05, 0.1) is 18.3 Å². The molecule has 1 aliphatic carbocycles. The van der Waals surface area contributed by atoms with Gasteiger partial charge >= 0.3 is 12.1 Å². The minimum absolute atomic E-state index is 0.193. The molecule has 0 bridgehead atoms. The maximum atomic E-state index is 13.4. The second kappa shape index (κ2) is 8.99. The first-order valence-corrected chi connectivity index (χ1v) is 13.3. The van der Waals surface area contributed by atoms with Crippen LogP contribution in [-0.2, 0) is 18.2 Å². The summed E-state index contributed by atoms with van der Waals surface area (Å²) in [4.78, 5) is 38.3. The number of aromatic nitrogens is 4. The fourth-order valence-corrected chi connectivity index (χ4v) is 5.63. The van der Waals surface area contributed by atoms with Crippen LogP contribution in [0.15, 0.2) is 24.4 Å². The van der Waals surface area contributed by atoms with Crippen molar-refractivity contribution in [3.63, 3.8) is 0 Å². The molecule has 12 heteroatoms. The van der Waals surface area contributed by atoms with Crippen molar-refractivity contribution >= 4 is 40.4 Å². The Kier molecular flexibility index (Phi) is 5.81. The van der Waals surface area contributed by atoms with Gasteiger partial charge in [0.2, 0.25) is 0 Å². The van der Waals surface area contributed by atoms with E-state index in [4.69, 9.17) is 9.47 Å². The highest BCUT2D eigenvalue weighted by atomic mass is 16.6. The summed E-state index contributed by atoms with van der Waals surface area (Å²) in [5.41, 5.74) is 3.27. The summed E-state index contributed by atoms with van der Waals surface area (Å²) in [6.45, 7) is 8.24. The van der Waals surface area contributed by atoms with E-state index in [1.54, 1.807) is 37.4 Å². The average molecular weight is 535 g/mol. The van der Waals surface area contributed by atoms with Gasteiger partial charge in [-0.15, -0.1) is 0 Å². The summed E-state index contributed by atoms with van der Waals surface area (Å²) in [7, 11) is 3.30. The Labute approximate surface area is 226 Å². The summed E-state index contributed by atoms with van der Waals surface area (Å²) in [5, 5.41) is 11.6. The Balaban J connectivity index is 1.20. The van der Waals surface area contributed by atoms with Crippen molar-refractivity contribution in [2.75, 3.05) is 48.4 Å². The van der Waals surface area contributed by atoms with Gasteiger partial charge in [0.1, 0.15) is 28.2 Å².